The van der Waals surface area contributed by atoms with Gasteiger partial charge in [-0.15, -0.1) is 0 Å². The molecule has 2 heteroatoms. The quantitative estimate of drug-likeness (QED) is 0.760. The van der Waals surface area contributed by atoms with E-state index in [2.05, 4.69) is 69.4 Å². The zero-order valence-corrected chi connectivity index (χ0v) is 13.4. The summed E-state index contributed by atoms with van der Waals surface area (Å²) < 4.78 is 5.82. The van der Waals surface area contributed by atoms with E-state index in [1.54, 1.807) is 0 Å². The fourth-order valence-corrected chi connectivity index (χ4v) is 2.51. The molecule has 1 N–H and O–H groups in total. The summed E-state index contributed by atoms with van der Waals surface area (Å²) in [5.74, 6) is 1.50. The van der Waals surface area contributed by atoms with Gasteiger partial charge in [-0.25, -0.2) is 0 Å². The Morgan fingerprint density at radius 3 is 2.43 bits per heavy atom. The fraction of sp³-hybridized carbons (Fsp3) is 0.368. The molecule has 0 aliphatic rings. The van der Waals surface area contributed by atoms with Gasteiger partial charge in [-0.3, -0.25) is 0 Å². The smallest absolute Gasteiger partial charge is 0.119 e. The third kappa shape index (κ3) is 4.25. The van der Waals surface area contributed by atoms with E-state index in [1.165, 1.54) is 22.4 Å². The first kappa shape index (κ1) is 15.4. The molecule has 0 fully saturated rings. The molecule has 0 atom stereocenters. The van der Waals surface area contributed by atoms with E-state index in [-0.39, 0.29) is 0 Å². The van der Waals surface area contributed by atoms with E-state index >= 15 is 0 Å². The second-order valence-electron chi connectivity index (χ2n) is 5.76. The maximum atomic E-state index is 5.82. The molecule has 0 saturated heterocycles. The molecule has 2 nitrogen and oxygen atoms in total. The van der Waals surface area contributed by atoms with Gasteiger partial charge in [0.25, 0.3) is 0 Å². The molecule has 0 aromatic heterocycles. The van der Waals surface area contributed by atoms with Gasteiger partial charge in [0, 0.05) is 12.2 Å². The van der Waals surface area contributed by atoms with Gasteiger partial charge in [0.05, 0.1) is 0 Å². The Hall–Kier alpha value is -1.96. The van der Waals surface area contributed by atoms with Gasteiger partial charge in [-0.1, -0.05) is 38.1 Å². The van der Waals surface area contributed by atoms with Crippen LogP contribution in [-0.2, 0) is 0 Å². The summed E-state index contributed by atoms with van der Waals surface area (Å²) in [6.45, 7) is 10.2. The number of rotatable bonds is 6. The van der Waals surface area contributed by atoms with Crippen LogP contribution in [0.5, 0.6) is 5.75 Å². The van der Waals surface area contributed by atoms with Crippen molar-refractivity contribution in [3.63, 3.8) is 0 Å². The highest BCUT2D eigenvalue weighted by atomic mass is 16.5. The van der Waals surface area contributed by atoms with E-state index in [1.807, 2.05) is 6.07 Å². The van der Waals surface area contributed by atoms with E-state index in [9.17, 15) is 0 Å². The molecule has 0 saturated carbocycles. The highest BCUT2D eigenvalue weighted by molar-refractivity contribution is 5.50. The number of hydrogen-bond donors (Lipinski definition) is 1. The predicted octanol–water partition coefficient (Wildman–Crippen LogP) is 4.92. The van der Waals surface area contributed by atoms with Gasteiger partial charge >= 0.3 is 0 Å². The Kier molecular flexibility index (Phi) is 5.26. The van der Waals surface area contributed by atoms with E-state index in [0.717, 1.165) is 12.3 Å². The number of anilines is 1. The highest BCUT2D eigenvalue weighted by Crippen LogP contribution is 2.23. The first-order valence-corrected chi connectivity index (χ1v) is 7.61. The summed E-state index contributed by atoms with van der Waals surface area (Å²) in [5.41, 5.74) is 5.12. The van der Waals surface area contributed by atoms with Crippen LogP contribution in [0.25, 0.3) is 0 Å². The minimum atomic E-state index is 0.557. The summed E-state index contributed by atoms with van der Waals surface area (Å²) in [6, 6.07) is 14.7. The third-order valence-electron chi connectivity index (χ3n) is 3.69. The molecular formula is C19H25NO. The van der Waals surface area contributed by atoms with Gasteiger partial charge in [0.1, 0.15) is 12.4 Å². The molecule has 2 aromatic carbocycles. The lowest BCUT2D eigenvalue weighted by molar-refractivity contribution is 0.332. The molecule has 0 aliphatic carbocycles. The topological polar surface area (TPSA) is 21.3 Å². The van der Waals surface area contributed by atoms with Crippen LogP contribution < -0.4 is 10.1 Å². The summed E-state index contributed by atoms with van der Waals surface area (Å²) in [6.07, 6.45) is 0. The van der Waals surface area contributed by atoms with Crippen LogP contribution in [0.4, 0.5) is 5.69 Å². The zero-order chi connectivity index (χ0) is 15.2. The van der Waals surface area contributed by atoms with Gasteiger partial charge in [-0.05, 0) is 54.7 Å². The molecule has 0 heterocycles. The standard InChI is InChI=1S/C19H25NO/c1-14(2)18-10-9-17(13-16(18)4)21-12-11-20-19-8-6-5-7-15(19)3/h5-10,13-14,20H,11-12H2,1-4H3. The van der Waals surface area contributed by atoms with E-state index < -0.39 is 0 Å². The van der Waals surface area contributed by atoms with Crippen LogP contribution in [0.1, 0.15) is 36.5 Å². The minimum absolute atomic E-state index is 0.557. The monoisotopic (exact) mass is 283 g/mol. The first-order valence-electron chi connectivity index (χ1n) is 7.61. The van der Waals surface area contributed by atoms with E-state index in [0.29, 0.717) is 12.5 Å². The number of ether oxygens (including phenoxy) is 1. The Labute approximate surface area is 128 Å². The normalized spacial score (nSPS) is 10.7. The van der Waals surface area contributed by atoms with Crippen molar-refractivity contribution < 1.29 is 4.74 Å². The number of hydrogen-bond acceptors (Lipinski definition) is 2. The maximum absolute atomic E-state index is 5.82. The Balaban J connectivity index is 1.84. The molecule has 0 aliphatic heterocycles. The van der Waals surface area contributed by atoms with Gasteiger partial charge in [-0.2, -0.15) is 0 Å². The molecule has 112 valence electrons. The van der Waals surface area contributed by atoms with Crippen molar-refractivity contribution >= 4 is 5.69 Å². The lowest BCUT2D eigenvalue weighted by atomic mass is 9.98. The second-order valence-corrected chi connectivity index (χ2v) is 5.76. The largest absolute Gasteiger partial charge is 0.492 e. The summed E-state index contributed by atoms with van der Waals surface area (Å²) >= 11 is 0. The average molecular weight is 283 g/mol. The Morgan fingerprint density at radius 1 is 1.00 bits per heavy atom. The molecule has 2 rings (SSSR count). The lowest BCUT2D eigenvalue weighted by Gasteiger charge is -2.13. The van der Waals surface area contributed by atoms with Crippen molar-refractivity contribution in [2.45, 2.75) is 33.6 Å². The molecule has 0 bridgehead atoms. The van der Waals surface area contributed by atoms with Gasteiger partial charge in [0.2, 0.25) is 0 Å². The Bertz CT molecular complexity index is 590. The van der Waals surface area contributed by atoms with Crippen molar-refractivity contribution in [1.82, 2.24) is 0 Å². The average Bonchev–Trinajstić information content (AvgIpc) is 2.45. The number of para-hydroxylation sites is 1. The second kappa shape index (κ2) is 7.16. The molecule has 0 amide bonds. The van der Waals surface area contributed by atoms with Crippen LogP contribution in [0, 0.1) is 13.8 Å². The van der Waals surface area contributed by atoms with Gasteiger partial charge < -0.3 is 10.1 Å². The molecule has 0 radical (unpaired) electrons. The Morgan fingerprint density at radius 2 is 1.76 bits per heavy atom. The summed E-state index contributed by atoms with van der Waals surface area (Å²) in [5, 5.41) is 3.40. The molecule has 0 spiro atoms. The SMILES string of the molecule is Cc1ccccc1NCCOc1ccc(C(C)C)c(C)c1. The number of nitrogens with one attached hydrogen (secondary N) is 1. The first-order chi connectivity index (χ1) is 10.1. The number of aryl methyl sites for hydroxylation is 2. The van der Waals surface area contributed by atoms with E-state index in [4.69, 9.17) is 4.74 Å². The van der Waals surface area contributed by atoms with Crippen LogP contribution >= 0.6 is 0 Å². The number of benzene rings is 2. The van der Waals surface area contributed by atoms with Crippen LogP contribution in [0.2, 0.25) is 0 Å². The minimum Gasteiger partial charge on any atom is -0.492 e. The fourth-order valence-electron chi connectivity index (χ4n) is 2.51. The van der Waals surface area contributed by atoms with Crippen molar-refractivity contribution in [3.8, 4) is 5.75 Å². The molecular weight excluding hydrogens is 258 g/mol. The lowest BCUT2D eigenvalue weighted by Crippen LogP contribution is -2.12. The van der Waals surface area contributed by atoms with Crippen LogP contribution in [-0.4, -0.2) is 13.2 Å². The predicted molar refractivity (Wildman–Crippen MR) is 90.4 cm³/mol. The third-order valence-corrected chi connectivity index (χ3v) is 3.69. The van der Waals surface area contributed by atoms with Gasteiger partial charge in [0.15, 0.2) is 0 Å². The molecule has 21 heavy (non-hydrogen) atoms. The zero-order valence-electron chi connectivity index (χ0n) is 13.4. The van der Waals surface area contributed by atoms with Crippen molar-refractivity contribution in [2.24, 2.45) is 0 Å². The van der Waals surface area contributed by atoms with Crippen LogP contribution in [0.15, 0.2) is 42.5 Å². The van der Waals surface area contributed by atoms with Crippen molar-refractivity contribution in [2.75, 3.05) is 18.5 Å². The summed E-state index contributed by atoms with van der Waals surface area (Å²) in [4.78, 5) is 0. The summed E-state index contributed by atoms with van der Waals surface area (Å²) in [7, 11) is 0. The molecule has 2 aromatic rings. The van der Waals surface area contributed by atoms with Crippen LogP contribution in [0.3, 0.4) is 0 Å². The van der Waals surface area contributed by atoms with Crippen molar-refractivity contribution in [1.29, 1.82) is 0 Å². The highest BCUT2D eigenvalue weighted by Gasteiger charge is 2.04. The van der Waals surface area contributed by atoms with Crippen molar-refractivity contribution in [3.05, 3.63) is 59.2 Å². The maximum Gasteiger partial charge on any atom is 0.119 e. The molecule has 0 unspecified atom stereocenters.